The highest BCUT2D eigenvalue weighted by molar-refractivity contribution is 6.06. The van der Waals surface area contributed by atoms with Gasteiger partial charge in [-0.25, -0.2) is 0 Å². The Morgan fingerprint density at radius 2 is 1.76 bits per heavy atom. The molecule has 1 fully saturated rings. The van der Waals surface area contributed by atoms with Crippen molar-refractivity contribution in [3.63, 3.8) is 0 Å². The van der Waals surface area contributed by atoms with Crippen molar-refractivity contribution in [2.45, 2.75) is 33.2 Å². The molecule has 21 heavy (non-hydrogen) atoms. The third-order valence-corrected chi connectivity index (χ3v) is 3.90. The van der Waals surface area contributed by atoms with Crippen LogP contribution in [0.2, 0.25) is 0 Å². The van der Waals surface area contributed by atoms with Gasteiger partial charge in [0.05, 0.1) is 0 Å². The molecule has 1 aromatic rings. The minimum absolute atomic E-state index is 0.0345. The topological polar surface area (TPSA) is 52.7 Å². The van der Waals surface area contributed by atoms with Crippen molar-refractivity contribution in [3.8, 4) is 0 Å². The van der Waals surface area contributed by atoms with Crippen molar-refractivity contribution < 1.29 is 9.59 Å². The van der Waals surface area contributed by atoms with Gasteiger partial charge in [-0.05, 0) is 44.5 Å². The summed E-state index contributed by atoms with van der Waals surface area (Å²) in [7, 11) is 0. The lowest BCUT2D eigenvalue weighted by atomic mass is 10.1. The average molecular weight is 289 g/mol. The molecule has 0 aliphatic carbocycles. The maximum atomic E-state index is 12.3. The quantitative estimate of drug-likeness (QED) is 0.899. The Morgan fingerprint density at radius 1 is 1.14 bits per heavy atom. The third kappa shape index (κ3) is 3.17. The van der Waals surface area contributed by atoms with Crippen LogP contribution in [-0.2, 0) is 9.59 Å². The second kappa shape index (κ2) is 6.61. The third-order valence-electron chi connectivity index (χ3n) is 3.90. The summed E-state index contributed by atoms with van der Waals surface area (Å²) in [6, 6.07) is 7.42. The molecular weight excluding hydrogens is 266 g/mol. The number of rotatable bonds is 5. The highest BCUT2D eigenvalue weighted by Crippen LogP contribution is 2.22. The van der Waals surface area contributed by atoms with Crippen LogP contribution in [0.4, 0.5) is 11.4 Å². The van der Waals surface area contributed by atoms with Crippen molar-refractivity contribution >= 4 is 23.2 Å². The molecule has 1 saturated heterocycles. The molecule has 1 aliphatic rings. The van der Waals surface area contributed by atoms with E-state index in [1.54, 1.807) is 4.90 Å². The molecule has 0 radical (unpaired) electrons. The predicted octanol–water partition coefficient (Wildman–Crippen LogP) is 1.77. The Bertz CT molecular complexity index is 509. The molecule has 2 rings (SSSR count). The molecule has 2 amide bonds. The minimum atomic E-state index is -0.409. The van der Waals surface area contributed by atoms with Crippen LogP contribution in [0.3, 0.4) is 0 Å². The molecule has 0 aromatic heterocycles. The summed E-state index contributed by atoms with van der Waals surface area (Å²) in [5, 5.41) is 2.73. The Labute approximate surface area is 125 Å². The van der Waals surface area contributed by atoms with E-state index in [1.807, 2.05) is 31.2 Å². The lowest BCUT2D eigenvalue weighted by Crippen LogP contribution is -2.58. The fraction of sp³-hybridized carbons (Fsp3) is 0.500. The number of benzene rings is 1. The maximum Gasteiger partial charge on any atom is 0.250 e. The molecule has 1 heterocycles. The predicted molar refractivity (Wildman–Crippen MR) is 84.6 cm³/mol. The van der Waals surface area contributed by atoms with Crippen LogP contribution < -0.4 is 15.1 Å². The van der Waals surface area contributed by atoms with Crippen LogP contribution in [-0.4, -0.2) is 37.5 Å². The van der Waals surface area contributed by atoms with Crippen LogP contribution in [0.1, 0.15) is 27.2 Å². The zero-order valence-corrected chi connectivity index (χ0v) is 12.9. The van der Waals surface area contributed by atoms with E-state index in [0.29, 0.717) is 6.42 Å². The first kappa shape index (κ1) is 15.4. The SMILES string of the molecule is CCC1NC(=O)CN(c2ccc(N(CC)CC)cc2)C1=O. The van der Waals surface area contributed by atoms with E-state index in [-0.39, 0.29) is 18.4 Å². The van der Waals surface area contributed by atoms with E-state index in [2.05, 4.69) is 24.1 Å². The highest BCUT2D eigenvalue weighted by atomic mass is 16.2. The number of hydrogen-bond acceptors (Lipinski definition) is 3. The average Bonchev–Trinajstić information content (AvgIpc) is 2.51. The van der Waals surface area contributed by atoms with Gasteiger partial charge in [0.15, 0.2) is 0 Å². The van der Waals surface area contributed by atoms with Gasteiger partial charge in [-0.2, -0.15) is 0 Å². The number of amides is 2. The second-order valence-electron chi connectivity index (χ2n) is 5.14. The van der Waals surface area contributed by atoms with Crippen LogP contribution >= 0.6 is 0 Å². The van der Waals surface area contributed by atoms with Gasteiger partial charge in [0.2, 0.25) is 11.8 Å². The zero-order valence-electron chi connectivity index (χ0n) is 12.9. The number of nitrogens with zero attached hydrogens (tertiary/aromatic N) is 2. The zero-order chi connectivity index (χ0) is 15.4. The molecule has 1 unspecified atom stereocenters. The Morgan fingerprint density at radius 3 is 2.29 bits per heavy atom. The van der Waals surface area contributed by atoms with Crippen molar-refractivity contribution in [1.29, 1.82) is 0 Å². The summed E-state index contributed by atoms with van der Waals surface area (Å²) in [5.74, 6) is -0.137. The normalized spacial score (nSPS) is 18.6. The van der Waals surface area contributed by atoms with Crippen LogP contribution in [0.15, 0.2) is 24.3 Å². The van der Waals surface area contributed by atoms with Gasteiger partial charge in [0, 0.05) is 24.5 Å². The van der Waals surface area contributed by atoms with Gasteiger partial charge in [0.1, 0.15) is 12.6 Å². The van der Waals surface area contributed by atoms with Gasteiger partial charge >= 0.3 is 0 Å². The number of carbonyl (C=O) groups excluding carboxylic acids is 2. The van der Waals surface area contributed by atoms with Gasteiger partial charge < -0.3 is 15.1 Å². The molecule has 0 saturated carbocycles. The van der Waals surface area contributed by atoms with Gasteiger partial charge in [-0.15, -0.1) is 0 Å². The lowest BCUT2D eigenvalue weighted by Gasteiger charge is -2.32. The number of piperazine rings is 1. The largest absolute Gasteiger partial charge is 0.372 e. The molecule has 1 atom stereocenters. The van der Waals surface area contributed by atoms with E-state index < -0.39 is 6.04 Å². The lowest BCUT2D eigenvalue weighted by molar-refractivity contribution is -0.131. The molecule has 114 valence electrons. The Hall–Kier alpha value is -2.04. The Balaban J connectivity index is 2.21. The van der Waals surface area contributed by atoms with E-state index in [4.69, 9.17) is 0 Å². The van der Waals surface area contributed by atoms with Crippen molar-refractivity contribution in [1.82, 2.24) is 5.32 Å². The molecule has 0 bridgehead atoms. The molecule has 1 aliphatic heterocycles. The van der Waals surface area contributed by atoms with Gasteiger partial charge in [-0.3, -0.25) is 9.59 Å². The summed E-state index contributed by atoms with van der Waals surface area (Å²) < 4.78 is 0. The molecule has 0 spiro atoms. The number of anilines is 2. The van der Waals surface area contributed by atoms with Gasteiger partial charge in [0.25, 0.3) is 0 Å². The van der Waals surface area contributed by atoms with Crippen molar-refractivity contribution in [3.05, 3.63) is 24.3 Å². The number of hydrogen-bond donors (Lipinski definition) is 1. The van der Waals surface area contributed by atoms with E-state index in [0.717, 1.165) is 24.5 Å². The van der Waals surface area contributed by atoms with Gasteiger partial charge in [-0.1, -0.05) is 6.92 Å². The van der Waals surface area contributed by atoms with Crippen LogP contribution in [0.5, 0.6) is 0 Å². The first-order valence-corrected chi connectivity index (χ1v) is 7.56. The number of nitrogens with one attached hydrogen (secondary N) is 1. The highest BCUT2D eigenvalue weighted by Gasteiger charge is 2.32. The molecule has 5 nitrogen and oxygen atoms in total. The van der Waals surface area contributed by atoms with E-state index >= 15 is 0 Å². The number of carbonyl (C=O) groups is 2. The molecule has 5 heteroatoms. The smallest absolute Gasteiger partial charge is 0.250 e. The standard InChI is InChI=1S/C16H23N3O2/c1-4-14-16(21)19(11-15(20)17-14)13-9-7-12(8-10-13)18(5-2)6-3/h7-10,14H,4-6,11H2,1-3H3,(H,17,20). The van der Waals surface area contributed by atoms with Crippen molar-refractivity contribution in [2.24, 2.45) is 0 Å². The molecular formula is C16H23N3O2. The summed E-state index contributed by atoms with van der Waals surface area (Å²) in [6.07, 6.45) is 0.610. The summed E-state index contributed by atoms with van der Waals surface area (Å²) in [5.41, 5.74) is 1.91. The second-order valence-corrected chi connectivity index (χ2v) is 5.14. The first-order chi connectivity index (χ1) is 10.1. The molecule has 1 N–H and O–H groups in total. The van der Waals surface area contributed by atoms with E-state index in [9.17, 15) is 9.59 Å². The molecule has 1 aromatic carbocycles. The maximum absolute atomic E-state index is 12.3. The summed E-state index contributed by atoms with van der Waals surface area (Å²) in [6.45, 7) is 8.11. The van der Waals surface area contributed by atoms with Crippen molar-refractivity contribution in [2.75, 3.05) is 29.4 Å². The monoisotopic (exact) mass is 289 g/mol. The van der Waals surface area contributed by atoms with E-state index in [1.165, 1.54) is 0 Å². The Kier molecular flexibility index (Phi) is 4.83. The fourth-order valence-electron chi connectivity index (χ4n) is 2.64. The summed E-state index contributed by atoms with van der Waals surface area (Å²) in [4.78, 5) is 27.9. The first-order valence-electron chi connectivity index (χ1n) is 7.56. The van der Waals surface area contributed by atoms with Crippen LogP contribution in [0.25, 0.3) is 0 Å². The fourth-order valence-corrected chi connectivity index (χ4v) is 2.64. The minimum Gasteiger partial charge on any atom is -0.372 e. The summed E-state index contributed by atoms with van der Waals surface area (Å²) >= 11 is 0. The van der Waals surface area contributed by atoms with Crippen LogP contribution in [0, 0.1) is 0 Å².